The van der Waals surface area contributed by atoms with E-state index in [0.717, 1.165) is 29.7 Å². The lowest BCUT2D eigenvalue weighted by Gasteiger charge is -2.28. The molecule has 0 amide bonds. The van der Waals surface area contributed by atoms with Gasteiger partial charge in [0.15, 0.2) is 5.65 Å². The molecule has 1 aliphatic heterocycles. The topological polar surface area (TPSA) is 42.2 Å². The predicted octanol–water partition coefficient (Wildman–Crippen LogP) is 1.87. The fraction of sp³-hybridized carbons (Fsp3) is 0.500. The molecular weight excluding hydrogens is 255 g/mol. The van der Waals surface area contributed by atoms with Crippen LogP contribution in [0.4, 0.5) is 4.39 Å². The van der Waals surface area contributed by atoms with E-state index in [4.69, 9.17) is 0 Å². The lowest BCUT2D eigenvalue weighted by atomic mass is 9.87. The summed E-state index contributed by atoms with van der Waals surface area (Å²) in [6.45, 7) is 3.33. The van der Waals surface area contributed by atoms with Crippen molar-refractivity contribution in [3.8, 4) is 0 Å². The first-order valence-electron chi connectivity index (χ1n) is 5.90. The summed E-state index contributed by atoms with van der Waals surface area (Å²) in [5, 5.41) is 7.18. The van der Waals surface area contributed by atoms with Crippen molar-refractivity contribution in [2.24, 2.45) is 0 Å². The van der Waals surface area contributed by atoms with E-state index in [1.807, 2.05) is 19.2 Å². The van der Waals surface area contributed by atoms with Crippen LogP contribution in [0.3, 0.4) is 0 Å². The van der Waals surface area contributed by atoms with Gasteiger partial charge in [-0.15, -0.1) is 12.4 Å². The first-order chi connectivity index (χ1) is 8.25. The Bertz CT molecular complexity index is 542. The average Bonchev–Trinajstić information content (AvgIpc) is 2.76. The van der Waals surface area contributed by atoms with Crippen molar-refractivity contribution >= 4 is 18.1 Å². The Labute approximate surface area is 111 Å². The van der Waals surface area contributed by atoms with E-state index in [9.17, 15) is 4.39 Å². The van der Waals surface area contributed by atoms with Crippen LogP contribution in [0.25, 0.3) is 5.65 Å². The Morgan fingerprint density at radius 1 is 1.50 bits per heavy atom. The monoisotopic (exact) mass is 270 g/mol. The van der Waals surface area contributed by atoms with E-state index in [0.29, 0.717) is 6.54 Å². The number of rotatable bonds is 1. The van der Waals surface area contributed by atoms with Gasteiger partial charge in [-0.25, -0.2) is 13.9 Å². The maximum Gasteiger partial charge on any atom is 0.155 e. The molecular formula is C12H16ClFN4. The van der Waals surface area contributed by atoms with E-state index in [2.05, 4.69) is 15.4 Å². The zero-order valence-corrected chi connectivity index (χ0v) is 11.0. The lowest BCUT2D eigenvalue weighted by Crippen LogP contribution is -2.37. The Morgan fingerprint density at radius 3 is 3.11 bits per heavy atom. The quantitative estimate of drug-likeness (QED) is 0.860. The Balaban J connectivity index is 0.00000120. The third kappa shape index (κ3) is 2.20. The van der Waals surface area contributed by atoms with Crippen molar-refractivity contribution in [1.29, 1.82) is 0 Å². The lowest BCUT2D eigenvalue weighted by molar-refractivity contribution is 0.230. The average molecular weight is 271 g/mol. The third-order valence-corrected chi connectivity index (χ3v) is 3.47. The number of aryl methyl sites for hydroxylation is 1. The summed E-state index contributed by atoms with van der Waals surface area (Å²) in [5.74, 6) is -0.0233. The van der Waals surface area contributed by atoms with E-state index in [1.54, 1.807) is 4.52 Å². The number of nitrogens with one attached hydrogen (secondary N) is 1. The van der Waals surface area contributed by atoms with Crippen molar-refractivity contribution in [2.75, 3.05) is 13.1 Å². The van der Waals surface area contributed by atoms with Gasteiger partial charge in [0.1, 0.15) is 12.5 Å². The van der Waals surface area contributed by atoms with Crippen molar-refractivity contribution in [2.45, 2.75) is 25.4 Å². The molecule has 0 radical (unpaired) electrons. The predicted molar refractivity (Wildman–Crippen MR) is 70.1 cm³/mol. The van der Waals surface area contributed by atoms with Crippen LogP contribution < -0.4 is 5.32 Å². The number of fused-ring (bicyclic) bond motifs is 1. The summed E-state index contributed by atoms with van der Waals surface area (Å²) in [7, 11) is 0. The fourth-order valence-electron chi connectivity index (χ4n) is 2.53. The summed E-state index contributed by atoms with van der Waals surface area (Å²) in [6, 6.07) is 1.97. The third-order valence-electron chi connectivity index (χ3n) is 3.47. The van der Waals surface area contributed by atoms with Crippen LogP contribution >= 0.6 is 12.4 Å². The molecule has 3 rings (SSSR count). The van der Waals surface area contributed by atoms with E-state index in [1.165, 1.54) is 6.33 Å². The zero-order chi connectivity index (χ0) is 11.8. The minimum atomic E-state index is -0.816. The molecule has 1 N–H and O–H groups in total. The van der Waals surface area contributed by atoms with Crippen LogP contribution in [0.2, 0.25) is 0 Å². The largest absolute Gasteiger partial charge is 0.314 e. The first-order valence-corrected chi connectivity index (χ1v) is 5.90. The highest BCUT2D eigenvalue weighted by molar-refractivity contribution is 5.85. The summed E-state index contributed by atoms with van der Waals surface area (Å²) >= 11 is 0. The molecule has 18 heavy (non-hydrogen) atoms. The summed E-state index contributed by atoms with van der Waals surface area (Å²) < 4.78 is 15.7. The number of alkyl halides is 1. The van der Waals surface area contributed by atoms with Gasteiger partial charge < -0.3 is 5.32 Å². The van der Waals surface area contributed by atoms with Gasteiger partial charge in [-0.05, 0) is 37.1 Å². The summed E-state index contributed by atoms with van der Waals surface area (Å²) in [4.78, 5) is 4.13. The van der Waals surface area contributed by atoms with Gasteiger partial charge in [0.05, 0.1) is 0 Å². The van der Waals surface area contributed by atoms with Gasteiger partial charge in [-0.1, -0.05) is 0 Å². The molecule has 6 heteroatoms. The molecule has 2 aromatic rings. The highest BCUT2D eigenvalue weighted by atomic mass is 35.5. The molecule has 0 aliphatic carbocycles. The fourth-order valence-corrected chi connectivity index (χ4v) is 2.53. The van der Waals surface area contributed by atoms with Gasteiger partial charge in [0, 0.05) is 18.7 Å². The maximum absolute atomic E-state index is 13.9. The smallest absolute Gasteiger partial charge is 0.155 e. The van der Waals surface area contributed by atoms with Gasteiger partial charge in [0.2, 0.25) is 0 Å². The number of hydrogen-bond acceptors (Lipinski definition) is 3. The van der Waals surface area contributed by atoms with Crippen molar-refractivity contribution in [1.82, 2.24) is 19.9 Å². The van der Waals surface area contributed by atoms with Crippen LogP contribution in [0.15, 0.2) is 18.6 Å². The number of piperidine rings is 1. The van der Waals surface area contributed by atoms with E-state index >= 15 is 0 Å². The normalized spacial score (nSPS) is 23.9. The van der Waals surface area contributed by atoms with Crippen LogP contribution in [0, 0.1) is 6.92 Å². The Kier molecular flexibility index (Phi) is 3.82. The molecule has 1 aliphatic rings. The van der Waals surface area contributed by atoms with Crippen LogP contribution in [0.5, 0.6) is 0 Å². The second-order valence-electron chi connectivity index (χ2n) is 4.59. The van der Waals surface area contributed by atoms with Crippen LogP contribution in [-0.4, -0.2) is 33.9 Å². The van der Waals surface area contributed by atoms with Gasteiger partial charge in [-0.2, -0.15) is 5.10 Å². The standard InChI is InChI=1S/C12H15FN4.ClH/c1-8-4-12-15-7-16-17(12)6-10(8)9-2-3-14-5-11(9)13;/h4,6-7,9,11,14H,2-3,5H2,1H3;1H. The molecule has 3 heterocycles. The number of halogens is 2. The molecule has 98 valence electrons. The molecule has 1 fully saturated rings. The molecule has 1 saturated heterocycles. The Morgan fingerprint density at radius 2 is 2.33 bits per heavy atom. The second kappa shape index (κ2) is 5.20. The maximum atomic E-state index is 13.9. The molecule has 2 unspecified atom stereocenters. The highest BCUT2D eigenvalue weighted by Crippen LogP contribution is 2.30. The minimum Gasteiger partial charge on any atom is -0.314 e. The summed E-state index contributed by atoms with van der Waals surface area (Å²) in [6.07, 6.45) is 3.46. The number of pyridine rings is 1. The van der Waals surface area contributed by atoms with Gasteiger partial charge in [0.25, 0.3) is 0 Å². The zero-order valence-electron chi connectivity index (χ0n) is 10.1. The highest BCUT2D eigenvalue weighted by Gasteiger charge is 2.27. The van der Waals surface area contributed by atoms with Gasteiger partial charge in [-0.3, -0.25) is 0 Å². The molecule has 2 atom stereocenters. The molecule has 2 aromatic heterocycles. The molecule has 0 bridgehead atoms. The molecule has 4 nitrogen and oxygen atoms in total. The van der Waals surface area contributed by atoms with Crippen LogP contribution in [0.1, 0.15) is 23.5 Å². The van der Waals surface area contributed by atoms with E-state index in [-0.39, 0.29) is 18.3 Å². The van der Waals surface area contributed by atoms with Crippen molar-refractivity contribution < 1.29 is 4.39 Å². The Hall–Kier alpha value is -1.20. The van der Waals surface area contributed by atoms with E-state index < -0.39 is 6.17 Å². The molecule has 0 spiro atoms. The summed E-state index contributed by atoms with van der Waals surface area (Å²) in [5.41, 5.74) is 2.97. The van der Waals surface area contributed by atoms with Crippen molar-refractivity contribution in [3.05, 3.63) is 29.7 Å². The molecule has 0 saturated carbocycles. The van der Waals surface area contributed by atoms with Crippen molar-refractivity contribution in [3.63, 3.8) is 0 Å². The SMILES string of the molecule is Cc1cc2ncnn2cc1C1CCNCC1F.Cl. The van der Waals surface area contributed by atoms with Crippen LogP contribution in [-0.2, 0) is 0 Å². The van der Waals surface area contributed by atoms with Gasteiger partial charge >= 0.3 is 0 Å². The number of nitrogens with zero attached hydrogens (tertiary/aromatic N) is 3. The first kappa shape index (κ1) is 13.2. The number of aromatic nitrogens is 3. The number of hydrogen-bond donors (Lipinski definition) is 1. The molecule has 0 aromatic carbocycles. The minimum absolute atomic E-state index is 0. The second-order valence-corrected chi connectivity index (χ2v) is 4.59.